The molecule has 0 aliphatic heterocycles. The number of halogens is 3. The molecule has 1 atom stereocenters. The standard InChI is InChI=1S/C19H22Cl2N4O2.HI/c1-2-23-19(24-10-12-3-5-13(6-4-12)18(22)27)25-11-17(26)14-7-15(20)9-16(21)8-14;/h3-9,17,26H,2,10-11H2,1H3,(H2,22,27)(H2,23,24,25);1H. The zero-order valence-corrected chi connectivity index (χ0v) is 19.1. The molecule has 1 unspecified atom stereocenters. The fourth-order valence-corrected chi connectivity index (χ4v) is 2.91. The van der Waals surface area contributed by atoms with Gasteiger partial charge < -0.3 is 21.5 Å². The molecule has 0 spiro atoms. The van der Waals surface area contributed by atoms with E-state index in [9.17, 15) is 9.90 Å². The summed E-state index contributed by atoms with van der Waals surface area (Å²) in [5.41, 5.74) is 7.24. The maximum Gasteiger partial charge on any atom is 0.248 e. The average Bonchev–Trinajstić information content (AvgIpc) is 2.63. The quantitative estimate of drug-likeness (QED) is 0.247. The first-order valence-corrected chi connectivity index (χ1v) is 9.19. The fraction of sp³-hybridized carbons (Fsp3) is 0.263. The molecule has 0 aliphatic rings. The lowest BCUT2D eigenvalue weighted by molar-refractivity contribution is 0.100. The van der Waals surface area contributed by atoms with Crippen molar-refractivity contribution >= 4 is 59.0 Å². The molecule has 9 heteroatoms. The number of carbonyl (C=O) groups is 1. The second kappa shape index (κ2) is 12.1. The number of hydrogen-bond donors (Lipinski definition) is 4. The van der Waals surface area contributed by atoms with Gasteiger partial charge in [-0.15, -0.1) is 24.0 Å². The molecule has 0 aromatic heterocycles. The summed E-state index contributed by atoms with van der Waals surface area (Å²) in [6, 6.07) is 11.9. The molecule has 0 saturated heterocycles. The number of aliphatic hydroxyl groups excluding tert-OH is 1. The number of aliphatic hydroxyl groups is 1. The Balaban J connectivity index is 0.00000392. The van der Waals surface area contributed by atoms with Crippen molar-refractivity contribution in [3.05, 3.63) is 69.2 Å². The molecule has 0 fully saturated rings. The van der Waals surface area contributed by atoms with Crippen molar-refractivity contribution in [2.45, 2.75) is 19.6 Å². The van der Waals surface area contributed by atoms with Crippen LogP contribution in [0, 0.1) is 0 Å². The van der Waals surface area contributed by atoms with Crippen LogP contribution < -0.4 is 16.4 Å². The number of nitrogens with zero attached hydrogens (tertiary/aromatic N) is 1. The summed E-state index contributed by atoms with van der Waals surface area (Å²) in [4.78, 5) is 15.6. The van der Waals surface area contributed by atoms with Gasteiger partial charge in [0.1, 0.15) is 0 Å². The minimum Gasteiger partial charge on any atom is -0.387 e. The predicted molar refractivity (Wildman–Crippen MR) is 125 cm³/mol. The third-order valence-electron chi connectivity index (χ3n) is 3.73. The lowest BCUT2D eigenvalue weighted by Crippen LogP contribution is -2.39. The highest BCUT2D eigenvalue weighted by Crippen LogP contribution is 2.23. The number of nitrogens with two attached hydrogens (primary N) is 1. The maximum absolute atomic E-state index is 11.1. The van der Waals surface area contributed by atoms with Crippen LogP contribution in [0.4, 0.5) is 0 Å². The van der Waals surface area contributed by atoms with Crippen LogP contribution in [-0.4, -0.2) is 30.1 Å². The van der Waals surface area contributed by atoms with Gasteiger partial charge in [-0.05, 0) is 48.4 Å². The predicted octanol–water partition coefficient (Wildman–Crippen LogP) is 3.50. The van der Waals surface area contributed by atoms with Gasteiger partial charge in [-0.2, -0.15) is 0 Å². The average molecular weight is 537 g/mol. The van der Waals surface area contributed by atoms with E-state index in [1.54, 1.807) is 42.5 Å². The lowest BCUT2D eigenvalue weighted by Gasteiger charge is -2.16. The van der Waals surface area contributed by atoms with Crippen LogP contribution in [0.5, 0.6) is 0 Å². The molecule has 1 amide bonds. The molecule has 0 bridgehead atoms. The molecule has 0 aliphatic carbocycles. The minimum absolute atomic E-state index is 0. The Morgan fingerprint density at radius 3 is 2.29 bits per heavy atom. The molecular weight excluding hydrogens is 514 g/mol. The summed E-state index contributed by atoms with van der Waals surface area (Å²) in [5, 5.41) is 17.5. The smallest absolute Gasteiger partial charge is 0.248 e. The van der Waals surface area contributed by atoms with Gasteiger partial charge in [0.15, 0.2) is 5.96 Å². The number of aliphatic imine (C=N–C) groups is 1. The lowest BCUT2D eigenvalue weighted by atomic mass is 10.1. The molecular formula is C19H23Cl2IN4O2. The molecule has 2 aromatic rings. The van der Waals surface area contributed by atoms with Gasteiger partial charge in [0.2, 0.25) is 5.91 Å². The molecule has 6 nitrogen and oxygen atoms in total. The molecule has 28 heavy (non-hydrogen) atoms. The van der Waals surface area contributed by atoms with E-state index in [0.29, 0.717) is 40.2 Å². The number of amides is 1. The number of benzene rings is 2. The number of guanidine groups is 1. The topological polar surface area (TPSA) is 99.7 Å². The molecule has 152 valence electrons. The summed E-state index contributed by atoms with van der Waals surface area (Å²) in [5.74, 6) is 0.0961. The zero-order chi connectivity index (χ0) is 19.8. The Bertz CT molecular complexity index is 796. The van der Waals surface area contributed by atoms with Gasteiger partial charge in [0.05, 0.1) is 12.6 Å². The highest BCUT2D eigenvalue weighted by atomic mass is 127. The molecule has 2 aromatic carbocycles. The van der Waals surface area contributed by atoms with E-state index >= 15 is 0 Å². The first-order chi connectivity index (χ1) is 12.9. The number of nitrogens with one attached hydrogen (secondary N) is 2. The van der Waals surface area contributed by atoms with Crippen LogP contribution in [0.1, 0.15) is 34.5 Å². The highest BCUT2D eigenvalue weighted by Gasteiger charge is 2.10. The van der Waals surface area contributed by atoms with Gasteiger partial charge in [0.25, 0.3) is 0 Å². The van der Waals surface area contributed by atoms with Crippen LogP contribution in [-0.2, 0) is 6.54 Å². The van der Waals surface area contributed by atoms with Gasteiger partial charge in [0, 0.05) is 28.7 Å². The van der Waals surface area contributed by atoms with Crippen LogP contribution in [0.2, 0.25) is 10.0 Å². The Kier molecular flexibility index (Phi) is 10.6. The van der Waals surface area contributed by atoms with Crippen LogP contribution >= 0.6 is 47.2 Å². The van der Waals surface area contributed by atoms with Crippen molar-refractivity contribution in [2.75, 3.05) is 13.1 Å². The van der Waals surface area contributed by atoms with Crippen LogP contribution in [0.3, 0.4) is 0 Å². The first-order valence-electron chi connectivity index (χ1n) is 8.44. The van der Waals surface area contributed by atoms with Gasteiger partial charge in [-0.3, -0.25) is 4.79 Å². The molecule has 0 saturated carbocycles. The SMILES string of the molecule is CCNC(=NCc1ccc(C(N)=O)cc1)NCC(O)c1cc(Cl)cc(Cl)c1.I. The summed E-state index contributed by atoms with van der Waals surface area (Å²) in [6.07, 6.45) is -0.792. The third-order valence-corrected chi connectivity index (χ3v) is 4.17. The summed E-state index contributed by atoms with van der Waals surface area (Å²) in [6.45, 7) is 3.27. The molecule has 2 rings (SSSR count). The van der Waals surface area contributed by atoms with Crippen LogP contribution in [0.25, 0.3) is 0 Å². The largest absolute Gasteiger partial charge is 0.387 e. The van der Waals surface area contributed by atoms with Crippen molar-refractivity contribution < 1.29 is 9.90 Å². The zero-order valence-electron chi connectivity index (χ0n) is 15.3. The van der Waals surface area contributed by atoms with Crippen molar-refractivity contribution in [1.29, 1.82) is 0 Å². The molecule has 5 N–H and O–H groups in total. The van der Waals surface area contributed by atoms with Crippen molar-refractivity contribution in [2.24, 2.45) is 10.7 Å². The van der Waals surface area contributed by atoms with E-state index in [1.165, 1.54) is 0 Å². The second-order valence-electron chi connectivity index (χ2n) is 5.86. The Morgan fingerprint density at radius 2 is 1.75 bits per heavy atom. The number of carbonyl (C=O) groups excluding carboxylic acids is 1. The highest BCUT2D eigenvalue weighted by molar-refractivity contribution is 14.0. The van der Waals surface area contributed by atoms with Gasteiger partial charge >= 0.3 is 0 Å². The third kappa shape index (κ3) is 7.83. The van der Waals surface area contributed by atoms with Gasteiger partial charge in [-0.25, -0.2) is 4.99 Å². The monoisotopic (exact) mass is 536 g/mol. The maximum atomic E-state index is 11.1. The summed E-state index contributed by atoms with van der Waals surface area (Å²) < 4.78 is 0. The number of primary amides is 1. The van der Waals surface area contributed by atoms with E-state index < -0.39 is 12.0 Å². The Hall–Kier alpha value is -1.55. The van der Waals surface area contributed by atoms with E-state index in [0.717, 1.165) is 5.56 Å². The van der Waals surface area contributed by atoms with Gasteiger partial charge in [-0.1, -0.05) is 35.3 Å². The first kappa shape index (κ1) is 24.5. The van der Waals surface area contributed by atoms with Crippen LogP contribution in [0.15, 0.2) is 47.5 Å². The Labute approximate surface area is 191 Å². The fourth-order valence-electron chi connectivity index (χ4n) is 2.37. The van der Waals surface area contributed by atoms with Crippen molar-refractivity contribution in [1.82, 2.24) is 10.6 Å². The number of rotatable bonds is 7. The second-order valence-corrected chi connectivity index (χ2v) is 6.73. The van der Waals surface area contributed by atoms with E-state index in [-0.39, 0.29) is 30.5 Å². The summed E-state index contributed by atoms with van der Waals surface area (Å²) >= 11 is 11.9. The minimum atomic E-state index is -0.792. The van der Waals surface area contributed by atoms with Crippen molar-refractivity contribution in [3.63, 3.8) is 0 Å². The molecule has 0 heterocycles. The number of hydrogen-bond acceptors (Lipinski definition) is 3. The Morgan fingerprint density at radius 1 is 1.14 bits per heavy atom. The van der Waals surface area contributed by atoms with Crippen molar-refractivity contribution in [3.8, 4) is 0 Å². The van der Waals surface area contributed by atoms with E-state index in [1.807, 2.05) is 6.92 Å². The molecule has 0 radical (unpaired) electrons. The van der Waals surface area contributed by atoms with E-state index in [4.69, 9.17) is 28.9 Å². The normalized spacial score (nSPS) is 12.1. The van der Waals surface area contributed by atoms with E-state index in [2.05, 4.69) is 15.6 Å². The summed E-state index contributed by atoms with van der Waals surface area (Å²) in [7, 11) is 0.